The Labute approximate surface area is 150 Å². The van der Waals surface area contributed by atoms with Crippen LogP contribution in [0.15, 0.2) is 48.7 Å². The Kier molecular flexibility index (Phi) is 4.99. The number of hydrogen-bond donors (Lipinski definition) is 1. The van der Waals surface area contributed by atoms with Crippen molar-refractivity contribution in [2.45, 2.75) is 6.42 Å². The summed E-state index contributed by atoms with van der Waals surface area (Å²) in [6.45, 7) is 0. The van der Waals surface area contributed by atoms with Gasteiger partial charge in [0.2, 0.25) is 0 Å². The molecule has 1 heterocycles. The van der Waals surface area contributed by atoms with Crippen molar-refractivity contribution < 1.29 is 18.5 Å². The van der Waals surface area contributed by atoms with Crippen molar-refractivity contribution in [3.8, 4) is 0 Å². The minimum atomic E-state index is -0.831. The summed E-state index contributed by atoms with van der Waals surface area (Å²) in [5, 5.41) is 13.6. The van der Waals surface area contributed by atoms with Crippen LogP contribution in [0.5, 0.6) is 0 Å². The van der Waals surface area contributed by atoms with Crippen LogP contribution in [0.25, 0.3) is 0 Å². The molecule has 3 aromatic rings. The number of amides is 1. The molecule has 9 heteroatoms. The van der Waals surface area contributed by atoms with E-state index in [1.165, 1.54) is 18.3 Å². The molecule has 0 saturated carbocycles. The topological polar surface area (TPSA) is 85.1 Å². The number of nitrogens with zero attached hydrogens (tertiary/aromatic N) is 2. The quantitative estimate of drug-likeness (QED) is 0.536. The van der Waals surface area contributed by atoms with E-state index >= 15 is 0 Å². The summed E-state index contributed by atoms with van der Waals surface area (Å²) in [4.78, 5) is 27.3. The first kappa shape index (κ1) is 17.6. The summed E-state index contributed by atoms with van der Waals surface area (Å²) in [6, 6.07) is 8.74. The van der Waals surface area contributed by atoms with Crippen LogP contribution in [0.1, 0.15) is 20.8 Å². The first-order valence-electron chi connectivity index (χ1n) is 7.37. The fraction of sp³-hybridized carbons (Fsp3) is 0.0588. The monoisotopic (exact) mass is 375 g/mol. The fourth-order valence-electron chi connectivity index (χ4n) is 2.31. The molecule has 1 amide bonds. The van der Waals surface area contributed by atoms with Crippen molar-refractivity contribution in [1.29, 1.82) is 0 Å². The van der Waals surface area contributed by atoms with Gasteiger partial charge >= 0.3 is 0 Å². The van der Waals surface area contributed by atoms with Crippen LogP contribution in [-0.2, 0) is 6.42 Å². The van der Waals surface area contributed by atoms with Crippen LogP contribution in [0.3, 0.4) is 0 Å². The van der Waals surface area contributed by atoms with Gasteiger partial charge in [0.25, 0.3) is 11.6 Å². The van der Waals surface area contributed by atoms with Crippen molar-refractivity contribution in [3.63, 3.8) is 0 Å². The SMILES string of the molecule is O=C(Nc1ncc(Cc2cccc(F)c2)s1)c1cc(F)ccc1[N+](=O)[O-]. The van der Waals surface area contributed by atoms with E-state index in [4.69, 9.17) is 0 Å². The van der Waals surface area contributed by atoms with Crippen molar-refractivity contribution >= 4 is 28.1 Å². The van der Waals surface area contributed by atoms with Crippen molar-refractivity contribution in [1.82, 2.24) is 4.98 Å². The molecular formula is C17H11F2N3O3S. The van der Waals surface area contributed by atoms with E-state index in [0.717, 1.165) is 40.0 Å². The molecule has 0 aliphatic rings. The average Bonchev–Trinajstić information content (AvgIpc) is 3.01. The molecule has 0 aliphatic carbocycles. The molecule has 2 aromatic carbocycles. The smallest absolute Gasteiger partial charge is 0.282 e. The minimum absolute atomic E-state index is 0.208. The number of thiazole rings is 1. The Hall–Kier alpha value is -3.20. The number of carbonyl (C=O) groups is 1. The van der Waals surface area contributed by atoms with Crippen molar-refractivity contribution in [2.24, 2.45) is 0 Å². The van der Waals surface area contributed by atoms with E-state index in [0.29, 0.717) is 6.42 Å². The van der Waals surface area contributed by atoms with Gasteiger partial charge < -0.3 is 0 Å². The average molecular weight is 375 g/mol. The third-order valence-electron chi connectivity index (χ3n) is 3.44. The third-order valence-corrected chi connectivity index (χ3v) is 4.35. The van der Waals surface area contributed by atoms with E-state index in [1.54, 1.807) is 12.1 Å². The second kappa shape index (κ2) is 7.36. The van der Waals surface area contributed by atoms with E-state index in [-0.39, 0.29) is 10.9 Å². The number of nitrogens with one attached hydrogen (secondary N) is 1. The van der Waals surface area contributed by atoms with Crippen LogP contribution in [0, 0.1) is 21.7 Å². The van der Waals surface area contributed by atoms with Gasteiger partial charge in [-0.2, -0.15) is 0 Å². The molecule has 3 rings (SSSR count). The minimum Gasteiger partial charge on any atom is -0.298 e. The molecule has 0 saturated heterocycles. The molecule has 26 heavy (non-hydrogen) atoms. The zero-order chi connectivity index (χ0) is 18.7. The maximum absolute atomic E-state index is 13.3. The second-order valence-corrected chi connectivity index (χ2v) is 6.43. The Morgan fingerprint density at radius 1 is 1.19 bits per heavy atom. The molecule has 0 bridgehead atoms. The van der Waals surface area contributed by atoms with Crippen LogP contribution in [0.4, 0.5) is 19.6 Å². The van der Waals surface area contributed by atoms with Gasteiger partial charge in [-0.3, -0.25) is 20.2 Å². The molecule has 0 fully saturated rings. The normalized spacial score (nSPS) is 10.5. The van der Waals surface area contributed by atoms with Crippen LogP contribution in [-0.4, -0.2) is 15.8 Å². The van der Waals surface area contributed by atoms with Gasteiger partial charge in [-0.15, -0.1) is 11.3 Å². The number of benzene rings is 2. The number of carbonyl (C=O) groups excluding carboxylic acids is 1. The Morgan fingerprint density at radius 2 is 1.96 bits per heavy atom. The van der Waals surface area contributed by atoms with Gasteiger partial charge in [0.1, 0.15) is 17.2 Å². The molecule has 0 aliphatic heterocycles. The maximum atomic E-state index is 13.3. The number of rotatable bonds is 5. The van der Waals surface area contributed by atoms with Crippen LogP contribution >= 0.6 is 11.3 Å². The lowest BCUT2D eigenvalue weighted by Gasteiger charge is -2.03. The van der Waals surface area contributed by atoms with E-state index < -0.39 is 27.9 Å². The first-order valence-corrected chi connectivity index (χ1v) is 8.18. The summed E-state index contributed by atoms with van der Waals surface area (Å²) in [5.41, 5.74) is -0.149. The van der Waals surface area contributed by atoms with E-state index in [2.05, 4.69) is 10.3 Å². The molecule has 1 aromatic heterocycles. The number of hydrogen-bond acceptors (Lipinski definition) is 5. The summed E-state index contributed by atoms with van der Waals surface area (Å²) in [7, 11) is 0. The second-order valence-electron chi connectivity index (χ2n) is 5.31. The van der Waals surface area contributed by atoms with E-state index in [1.807, 2.05) is 0 Å². The zero-order valence-corrected chi connectivity index (χ0v) is 13.9. The lowest BCUT2D eigenvalue weighted by molar-refractivity contribution is -0.385. The predicted octanol–water partition coefficient (Wildman–Crippen LogP) is 4.17. The number of nitro groups is 1. The van der Waals surface area contributed by atoms with Crippen molar-refractivity contribution in [2.75, 3.05) is 5.32 Å². The molecule has 0 radical (unpaired) electrons. The molecule has 6 nitrogen and oxygen atoms in total. The Morgan fingerprint density at radius 3 is 2.69 bits per heavy atom. The number of anilines is 1. The number of nitro benzene ring substituents is 1. The number of halogens is 2. The molecular weight excluding hydrogens is 364 g/mol. The molecule has 0 spiro atoms. The third kappa shape index (κ3) is 4.06. The molecule has 132 valence electrons. The molecule has 0 atom stereocenters. The molecule has 1 N–H and O–H groups in total. The summed E-state index contributed by atoms with van der Waals surface area (Å²) >= 11 is 1.15. The molecule has 0 unspecified atom stereocenters. The predicted molar refractivity (Wildman–Crippen MR) is 92.3 cm³/mol. The highest BCUT2D eigenvalue weighted by Gasteiger charge is 2.21. The van der Waals surface area contributed by atoms with Gasteiger partial charge in [0.15, 0.2) is 5.13 Å². The standard InChI is InChI=1S/C17H11F2N3O3S/c18-11-3-1-2-10(6-11)7-13-9-20-17(26-13)21-16(23)14-8-12(19)4-5-15(14)22(24)25/h1-6,8-9H,7H2,(H,20,21,23). The fourth-order valence-corrected chi connectivity index (χ4v) is 3.15. The van der Waals surface area contributed by atoms with Crippen LogP contribution < -0.4 is 5.32 Å². The highest BCUT2D eigenvalue weighted by atomic mass is 32.1. The number of aromatic nitrogens is 1. The summed E-state index contributed by atoms with van der Waals surface area (Å²) < 4.78 is 26.6. The highest BCUT2D eigenvalue weighted by molar-refractivity contribution is 7.15. The van der Waals surface area contributed by atoms with Crippen LogP contribution in [0.2, 0.25) is 0 Å². The lowest BCUT2D eigenvalue weighted by Crippen LogP contribution is -2.14. The van der Waals surface area contributed by atoms with Gasteiger partial charge in [0, 0.05) is 23.6 Å². The largest absolute Gasteiger partial charge is 0.298 e. The maximum Gasteiger partial charge on any atom is 0.282 e. The Balaban J connectivity index is 1.76. The van der Waals surface area contributed by atoms with Gasteiger partial charge in [0.05, 0.1) is 4.92 Å². The lowest BCUT2D eigenvalue weighted by atomic mass is 10.1. The van der Waals surface area contributed by atoms with Gasteiger partial charge in [-0.25, -0.2) is 13.8 Å². The summed E-state index contributed by atoms with van der Waals surface area (Å²) in [5.74, 6) is -1.94. The summed E-state index contributed by atoms with van der Waals surface area (Å²) in [6.07, 6.45) is 1.94. The van der Waals surface area contributed by atoms with Gasteiger partial charge in [-0.05, 0) is 29.8 Å². The first-order chi connectivity index (χ1) is 12.4. The van der Waals surface area contributed by atoms with Gasteiger partial charge in [-0.1, -0.05) is 12.1 Å². The Bertz CT molecular complexity index is 991. The van der Waals surface area contributed by atoms with E-state index in [9.17, 15) is 23.7 Å². The highest BCUT2D eigenvalue weighted by Crippen LogP contribution is 2.24. The van der Waals surface area contributed by atoms with Crippen molar-refractivity contribution in [3.05, 3.63) is 86.4 Å². The zero-order valence-electron chi connectivity index (χ0n) is 13.1.